The van der Waals surface area contributed by atoms with Crippen LogP contribution in [-0.4, -0.2) is 18.5 Å². The molecule has 0 aromatic heterocycles. The summed E-state index contributed by atoms with van der Waals surface area (Å²) in [5.74, 6) is 0.737. The zero-order valence-corrected chi connectivity index (χ0v) is 11.9. The van der Waals surface area contributed by atoms with Crippen LogP contribution in [0.2, 0.25) is 0 Å². The molecule has 1 aromatic carbocycles. The summed E-state index contributed by atoms with van der Waals surface area (Å²) < 4.78 is 0. The fourth-order valence-electron chi connectivity index (χ4n) is 2.59. The average molecular weight is 260 g/mol. The van der Waals surface area contributed by atoms with Gasteiger partial charge in [0.25, 0.3) is 0 Å². The molecule has 19 heavy (non-hydrogen) atoms. The van der Waals surface area contributed by atoms with Crippen LogP contribution in [0.15, 0.2) is 24.3 Å². The van der Waals surface area contributed by atoms with E-state index in [2.05, 4.69) is 36.6 Å². The van der Waals surface area contributed by atoms with Crippen molar-refractivity contribution in [1.29, 1.82) is 0 Å². The number of carbonyl (C=O) groups excluding carboxylic acids is 1. The molecule has 1 aliphatic heterocycles. The van der Waals surface area contributed by atoms with E-state index in [1.807, 2.05) is 12.1 Å². The third-order valence-corrected chi connectivity index (χ3v) is 4.12. The molecule has 2 rings (SSSR count). The van der Waals surface area contributed by atoms with Gasteiger partial charge < -0.3 is 10.6 Å². The summed E-state index contributed by atoms with van der Waals surface area (Å²) in [5, 5.41) is 6.41. The highest BCUT2D eigenvalue weighted by molar-refractivity contribution is 5.82. The maximum absolute atomic E-state index is 12.2. The largest absolute Gasteiger partial charge is 0.354 e. The molecule has 1 atom stereocenters. The fourth-order valence-corrected chi connectivity index (χ4v) is 2.59. The number of amides is 1. The Morgan fingerprint density at radius 2 is 2.00 bits per heavy atom. The molecule has 0 unspecified atom stereocenters. The van der Waals surface area contributed by atoms with Gasteiger partial charge in [-0.2, -0.15) is 0 Å². The van der Waals surface area contributed by atoms with Crippen molar-refractivity contribution in [2.24, 2.45) is 5.92 Å². The lowest BCUT2D eigenvalue weighted by Crippen LogP contribution is -2.48. The maximum atomic E-state index is 12.2. The van der Waals surface area contributed by atoms with Gasteiger partial charge in [-0.15, -0.1) is 0 Å². The Kier molecular flexibility index (Phi) is 4.97. The third-order valence-electron chi connectivity index (χ3n) is 4.12. The smallest absolute Gasteiger partial charge is 0.237 e. The number of carbonyl (C=O) groups is 1. The number of nitrogens with one attached hydrogen (secondary N) is 2. The summed E-state index contributed by atoms with van der Waals surface area (Å²) in [6, 6.07) is 8.26. The van der Waals surface area contributed by atoms with Gasteiger partial charge in [0.1, 0.15) is 0 Å². The van der Waals surface area contributed by atoms with E-state index < -0.39 is 0 Å². The molecule has 1 aromatic rings. The van der Waals surface area contributed by atoms with Crippen LogP contribution in [0.4, 0.5) is 0 Å². The molecular weight excluding hydrogens is 236 g/mol. The summed E-state index contributed by atoms with van der Waals surface area (Å²) in [5.41, 5.74) is 2.61. The van der Waals surface area contributed by atoms with Crippen molar-refractivity contribution in [3.63, 3.8) is 0 Å². The lowest BCUT2D eigenvalue weighted by Gasteiger charge is -2.26. The molecule has 1 aliphatic rings. The maximum Gasteiger partial charge on any atom is 0.237 e. The number of fused-ring (bicyclic) bond motifs is 1. The van der Waals surface area contributed by atoms with Crippen molar-refractivity contribution in [3.8, 4) is 0 Å². The van der Waals surface area contributed by atoms with Gasteiger partial charge in [-0.1, -0.05) is 51.0 Å². The monoisotopic (exact) mass is 260 g/mol. The van der Waals surface area contributed by atoms with Crippen molar-refractivity contribution in [3.05, 3.63) is 35.4 Å². The third kappa shape index (κ3) is 3.57. The second-order valence-electron chi connectivity index (χ2n) is 5.33. The molecule has 1 amide bonds. The van der Waals surface area contributed by atoms with Gasteiger partial charge >= 0.3 is 0 Å². The first-order valence-corrected chi connectivity index (χ1v) is 7.32. The Hall–Kier alpha value is -1.35. The van der Waals surface area contributed by atoms with E-state index >= 15 is 0 Å². The molecule has 0 radical (unpaired) electrons. The van der Waals surface area contributed by atoms with Gasteiger partial charge in [0.2, 0.25) is 5.91 Å². The number of hydrogen-bond acceptors (Lipinski definition) is 2. The molecule has 0 aliphatic carbocycles. The van der Waals surface area contributed by atoms with E-state index in [1.165, 1.54) is 11.1 Å². The number of benzene rings is 1. The van der Waals surface area contributed by atoms with Gasteiger partial charge in [0.05, 0.1) is 6.04 Å². The second-order valence-corrected chi connectivity index (χ2v) is 5.33. The minimum Gasteiger partial charge on any atom is -0.354 e. The molecule has 0 fully saturated rings. The van der Waals surface area contributed by atoms with Crippen LogP contribution in [0.5, 0.6) is 0 Å². The van der Waals surface area contributed by atoms with Crippen LogP contribution in [-0.2, 0) is 17.8 Å². The molecule has 3 heteroatoms. The highest BCUT2D eigenvalue weighted by Gasteiger charge is 2.23. The predicted octanol–water partition coefficient (Wildman–Crippen LogP) is 2.25. The molecule has 0 bridgehead atoms. The first-order chi connectivity index (χ1) is 9.24. The Morgan fingerprint density at radius 1 is 1.32 bits per heavy atom. The predicted molar refractivity (Wildman–Crippen MR) is 77.9 cm³/mol. The molecule has 0 spiro atoms. The number of rotatable bonds is 5. The van der Waals surface area contributed by atoms with Gasteiger partial charge in [0.15, 0.2) is 0 Å². The molecule has 3 nitrogen and oxygen atoms in total. The van der Waals surface area contributed by atoms with E-state index in [1.54, 1.807) is 0 Å². The Morgan fingerprint density at radius 3 is 2.68 bits per heavy atom. The summed E-state index contributed by atoms with van der Waals surface area (Å²) in [6.45, 7) is 5.94. The van der Waals surface area contributed by atoms with Crippen LogP contribution >= 0.6 is 0 Å². The molecule has 104 valence electrons. The number of hydrogen-bond donors (Lipinski definition) is 2. The van der Waals surface area contributed by atoms with Crippen LogP contribution in [0.1, 0.15) is 37.8 Å². The Balaban J connectivity index is 1.88. The molecule has 0 saturated carbocycles. The lowest BCUT2D eigenvalue weighted by molar-refractivity contribution is -0.123. The molecule has 0 saturated heterocycles. The summed E-state index contributed by atoms with van der Waals surface area (Å²) in [6.07, 6.45) is 3.04. The van der Waals surface area contributed by atoms with Crippen LogP contribution in [0, 0.1) is 5.92 Å². The average Bonchev–Trinajstić information content (AvgIpc) is 2.47. The normalized spacial score (nSPS) is 18.2. The lowest BCUT2D eigenvalue weighted by atomic mass is 9.95. The quantitative estimate of drug-likeness (QED) is 0.852. The summed E-state index contributed by atoms with van der Waals surface area (Å²) >= 11 is 0. The molecule has 1 heterocycles. The summed E-state index contributed by atoms with van der Waals surface area (Å²) in [7, 11) is 0. The first kappa shape index (κ1) is 14.1. The van der Waals surface area contributed by atoms with Gasteiger partial charge in [-0.25, -0.2) is 0 Å². The van der Waals surface area contributed by atoms with Gasteiger partial charge in [-0.05, 0) is 23.5 Å². The summed E-state index contributed by atoms with van der Waals surface area (Å²) in [4.78, 5) is 12.2. The molecule has 2 N–H and O–H groups in total. The highest BCUT2D eigenvalue weighted by Crippen LogP contribution is 2.16. The Labute approximate surface area is 115 Å². The zero-order valence-electron chi connectivity index (χ0n) is 11.9. The first-order valence-electron chi connectivity index (χ1n) is 7.32. The van der Waals surface area contributed by atoms with E-state index in [0.29, 0.717) is 5.92 Å². The van der Waals surface area contributed by atoms with Crippen molar-refractivity contribution in [2.75, 3.05) is 6.54 Å². The van der Waals surface area contributed by atoms with Crippen molar-refractivity contribution < 1.29 is 4.79 Å². The van der Waals surface area contributed by atoms with Crippen LogP contribution in [0.3, 0.4) is 0 Å². The topological polar surface area (TPSA) is 41.1 Å². The van der Waals surface area contributed by atoms with E-state index in [9.17, 15) is 4.79 Å². The van der Waals surface area contributed by atoms with Crippen LogP contribution in [0.25, 0.3) is 0 Å². The standard InChI is InChI=1S/C16H24N2O/c1-3-12(4-2)10-18-16(19)15-9-13-7-5-6-8-14(13)11-17-15/h5-8,12,15,17H,3-4,9-11H2,1-2H3,(H,18,19)/t15-/m0/s1. The van der Waals surface area contributed by atoms with Gasteiger partial charge in [0, 0.05) is 13.1 Å². The van der Waals surface area contributed by atoms with E-state index in [0.717, 1.165) is 32.4 Å². The van der Waals surface area contributed by atoms with Crippen molar-refractivity contribution in [1.82, 2.24) is 10.6 Å². The van der Waals surface area contributed by atoms with E-state index in [4.69, 9.17) is 0 Å². The van der Waals surface area contributed by atoms with Crippen molar-refractivity contribution in [2.45, 2.75) is 45.7 Å². The SMILES string of the molecule is CCC(CC)CNC(=O)[C@@H]1Cc2ccccc2CN1. The Bertz CT molecular complexity index is 427. The second kappa shape index (κ2) is 6.71. The van der Waals surface area contributed by atoms with E-state index in [-0.39, 0.29) is 11.9 Å². The minimum atomic E-state index is -0.0794. The zero-order chi connectivity index (χ0) is 13.7. The van der Waals surface area contributed by atoms with Gasteiger partial charge in [-0.3, -0.25) is 4.79 Å². The molecular formula is C16H24N2O. The minimum absolute atomic E-state index is 0.0794. The fraction of sp³-hybridized carbons (Fsp3) is 0.562. The highest BCUT2D eigenvalue weighted by atomic mass is 16.2. The van der Waals surface area contributed by atoms with Crippen LogP contribution < -0.4 is 10.6 Å². The van der Waals surface area contributed by atoms with Crippen molar-refractivity contribution >= 4 is 5.91 Å².